The zero-order valence-electron chi connectivity index (χ0n) is 9.39. The lowest BCUT2D eigenvalue weighted by molar-refractivity contribution is -0.145. The molecule has 0 N–H and O–H groups in total. The summed E-state index contributed by atoms with van der Waals surface area (Å²) in [4.78, 5) is 22.4. The Hall–Kier alpha value is -2.04. The normalized spacial score (nSPS) is 12.9. The first kappa shape index (κ1) is 11.4. The summed E-state index contributed by atoms with van der Waals surface area (Å²) in [5.41, 5.74) is 0.550. The number of carbonyl (C=O) groups is 2. The van der Waals surface area contributed by atoms with E-state index in [2.05, 4.69) is 0 Å². The lowest BCUT2D eigenvalue weighted by Gasteiger charge is -2.06. The van der Waals surface area contributed by atoms with Crippen LogP contribution in [0.3, 0.4) is 0 Å². The lowest BCUT2D eigenvalue weighted by atomic mass is 10.1. The summed E-state index contributed by atoms with van der Waals surface area (Å²) >= 11 is 0. The van der Waals surface area contributed by atoms with E-state index in [9.17, 15) is 9.59 Å². The molecule has 5 nitrogen and oxygen atoms in total. The Morgan fingerprint density at radius 1 is 1.47 bits per heavy atom. The Morgan fingerprint density at radius 2 is 2.29 bits per heavy atom. The Morgan fingerprint density at radius 3 is 3.06 bits per heavy atom. The quantitative estimate of drug-likeness (QED) is 0.735. The van der Waals surface area contributed by atoms with Crippen molar-refractivity contribution < 1.29 is 23.8 Å². The number of Topliss-reactive ketones (excluding diaryl/α,β-unsaturated/α-hetero) is 1. The summed E-state index contributed by atoms with van der Waals surface area (Å²) in [6.07, 6.45) is 0. The van der Waals surface area contributed by atoms with Crippen LogP contribution in [0, 0.1) is 0 Å². The van der Waals surface area contributed by atoms with Gasteiger partial charge in [0.1, 0.15) is 11.5 Å². The van der Waals surface area contributed by atoms with E-state index in [1.807, 2.05) is 0 Å². The van der Waals surface area contributed by atoms with E-state index in [4.69, 9.17) is 14.2 Å². The molecule has 0 unspecified atom stereocenters. The van der Waals surface area contributed by atoms with Gasteiger partial charge in [-0.2, -0.15) is 0 Å². The van der Waals surface area contributed by atoms with Gasteiger partial charge in [-0.3, -0.25) is 4.79 Å². The van der Waals surface area contributed by atoms with Crippen LogP contribution < -0.4 is 9.47 Å². The van der Waals surface area contributed by atoms with Crippen molar-refractivity contribution in [1.82, 2.24) is 0 Å². The third kappa shape index (κ3) is 2.55. The van der Waals surface area contributed by atoms with Gasteiger partial charge >= 0.3 is 5.97 Å². The number of carbonyl (C=O) groups excluding carboxylic acids is 2. The molecule has 0 spiro atoms. The fraction of sp³-hybridized carbons (Fsp3) is 0.333. The smallest absolute Gasteiger partial charge is 0.344 e. The second kappa shape index (κ2) is 4.86. The number of benzene rings is 1. The van der Waals surface area contributed by atoms with E-state index >= 15 is 0 Å². The molecule has 0 radical (unpaired) electrons. The summed E-state index contributed by atoms with van der Waals surface area (Å²) in [5.74, 6) is 0.504. The van der Waals surface area contributed by atoms with Gasteiger partial charge in [-0.15, -0.1) is 0 Å². The topological polar surface area (TPSA) is 61.8 Å². The van der Waals surface area contributed by atoms with Crippen molar-refractivity contribution in [2.24, 2.45) is 0 Å². The van der Waals surface area contributed by atoms with Crippen LogP contribution in [0.5, 0.6) is 11.5 Å². The van der Waals surface area contributed by atoms with Gasteiger partial charge in [0.05, 0.1) is 12.2 Å². The number of ether oxygens (including phenoxy) is 3. The Balaban J connectivity index is 1.99. The highest BCUT2D eigenvalue weighted by Crippen LogP contribution is 2.29. The average molecular weight is 236 g/mol. The van der Waals surface area contributed by atoms with E-state index in [0.717, 1.165) is 0 Å². The monoisotopic (exact) mass is 236 g/mol. The van der Waals surface area contributed by atoms with Crippen molar-refractivity contribution in [2.45, 2.75) is 6.92 Å². The van der Waals surface area contributed by atoms with Crippen molar-refractivity contribution in [3.05, 3.63) is 23.8 Å². The van der Waals surface area contributed by atoms with E-state index in [0.29, 0.717) is 23.7 Å². The predicted molar refractivity (Wildman–Crippen MR) is 58.4 cm³/mol. The molecule has 0 saturated heterocycles. The van der Waals surface area contributed by atoms with Crippen molar-refractivity contribution in [1.29, 1.82) is 0 Å². The minimum Gasteiger partial charge on any atom is -0.485 e. The maximum Gasteiger partial charge on any atom is 0.344 e. The number of hydrogen-bond acceptors (Lipinski definition) is 5. The van der Waals surface area contributed by atoms with Crippen LogP contribution in [0.25, 0.3) is 0 Å². The molecule has 0 saturated carbocycles. The van der Waals surface area contributed by atoms with Crippen LogP contribution in [0.15, 0.2) is 18.2 Å². The molecule has 0 aliphatic carbocycles. The Labute approximate surface area is 98.3 Å². The molecule has 0 amide bonds. The molecule has 1 aliphatic rings. The van der Waals surface area contributed by atoms with Crippen LogP contribution in [0.2, 0.25) is 0 Å². The van der Waals surface area contributed by atoms with E-state index in [1.54, 1.807) is 25.1 Å². The minimum absolute atomic E-state index is 0.0445. The van der Waals surface area contributed by atoms with Gasteiger partial charge in [0.15, 0.2) is 13.2 Å². The summed E-state index contributed by atoms with van der Waals surface area (Å²) in [5, 5.41) is 0. The molecule has 0 atom stereocenters. The van der Waals surface area contributed by atoms with Crippen LogP contribution >= 0.6 is 0 Å². The molecule has 17 heavy (non-hydrogen) atoms. The van der Waals surface area contributed by atoms with Crippen LogP contribution in [-0.4, -0.2) is 31.6 Å². The van der Waals surface area contributed by atoms with Crippen LogP contribution in [0.1, 0.15) is 17.3 Å². The highest BCUT2D eigenvalue weighted by atomic mass is 16.6. The molecule has 1 aromatic rings. The maximum absolute atomic E-state index is 11.3. The molecule has 2 rings (SSSR count). The molecule has 5 heteroatoms. The zero-order chi connectivity index (χ0) is 12.3. The van der Waals surface area contributed by atoms with Crippen LogP contribution in [-0.2, 0) is 9.53 Å². The number of rotatable bonds is 4. The highest BCUT2D eigenvalue weighted by molar-refractivity contribution is 6.02. The highest BCUT2D eigenvalue weighted by Gasteiger charge is 2.21. The molecule has 1 aromatic carbocycles. The standard InChI is InChI=1S/C12H12O5/c1-2-15-12(14)7-16-8-3-4-9-10(13)6-17-11(9)5-8/h3-5H,2,6-7H2,1H3. The molecule has 0 aromatic heterocycles. The van der Waals surface area contributed by atoms with Crippen molar-refractivity contribution in [2.75, 3.05) is 19.8 Å². The second-order valence-corrected chi connectivity index (χ2v) is 3.46. The van der Waals surface area contributed by atoms with Crippen molar-refractivity contribution in [3.8, 4) is 11.5 Å². The minimum atomic E-state index is -0.426. The van der Waals surface area contributed by atoms with Crippen LogP contribution in [0.4, 0.5) is 0 Å². The molecule has 0 fully saturated rings. The zero-order valence-corrected chi connectivity index (χ0v) is 9.39. The van der Waals surface area contributed by atoms with Gasteiger partial charge in [-0.05, 0) is 19.1 Å². The summed E-state index contributed by atoms with van der Waals surface area (Å²) in [6, 6.07) is 4.86. The first-order valence-electron chi connectivity index (χ1n) is 5.29. The van der Waals surface area contributed by atoms with Crippen molar-refractivity contribution >= 4 is 11.8 Å². The predicted octanol–water partition coefficient (Wildman–Crippen LogP) is 1.20. The fourth-order valence-corrected chi connectivity index (χ4v) is 1.51. The molecule has 1 heterocycles. The lowest BCUT2D eigenvalue weighted by Crippen LogP contribution is -2.14. The van der Waals surface area contributed by atoms with Crippen molar-refractivity contribution in [3.63, 3.8) is 0 Å². The Kier molecular flexibility index (Phi) is 3.27. The third-order valence-electron chi connectivity index (χ3n) is 2.27. The number of ketones is 1. The fourth-order valence-electron chi connectivity index (χ4n) is 1.51. The second-order valence-electron chi connectivity index (χ2n) is 3.46. The molecule has 90 valence electrons. The molecular formula is C12H12O5. The van der Waals surface area contributed by atoms with Gasteiger partial charge in [0, 0.05) is 6.07 Å². The maximum atomic E-state index is 11.3. The number of fused-ring (bicyclic) bond motifs is 1. The molecule has 1 aliphatic heterocycles. The van der Waals surface area contributed by atoms with E-state index in [-0.39, 0.29) is 19.0 Å². The largest absolute Gasteiger partial charge is 0.485 e. The number of hydrogen-bond donors (Lipinski definition) is 0. The summed E-state index contributed by atoms with van der Waals surface area (Å²) < 4.78 is 15.1. The van der Waals surface area contributed by atoms with E-state index in [1.165, 1.54) is 0 Å². The summed E-state index contributed by atoms with van der Waals surface area (Å²) in [7, 11) is 0. The number of esters is 1. The first-order valence-corrected chi connectivity index (χ1v) is 5.29. The average Bonchev–Trinajstić information content (AvgIpc) is 2.69. The van der Waals surface area contributed by atoms with Gasteiger partial charge in [-0.25, -0.2) is 4.79 Å². The first-order chi connectivity index (χ1) is 8.20. The Bertz CT molecular complexity index is 452. The molecular weight excluding hydrogens is 224 g/mol. The third-order valence-corrected chi connectivity index (χ3v) is 2.27. The van der Waals surface area contributed by atoms with Gasteiger partial charge < -0.3 is 14.2 Å². The van der Waals surface area contributed by atoms with Gasteiger partial charge in [-0.1, -0.05) is 0 Å². The van der Waals surface area contributed by atoms with E-state index < -0.39 is 5.97 Å². The molecule has 0 bridgehead atoms. The summed E-state index contributed by atoms with van der Waals surface area (Å²) in [6.45, 7) is 1.97. The SMILES string of the molecule is CCOC(=O)COc1ccc2c(c1)OCC2=O. The van der Waals surface area contributed by atoms with Gasteiger partial charge in [0.25, 0.3) is 0 Å². The van der Waals surface area contributed by atoms with Gasteiger partial charge in [0.2, 0.25) is 5.78 Å².